The fourth-order valence-corrected chi connectivity index (χ4v) is 6.03. The number of hydrogen-bond acceptors (Lipinski definition) is 6. The van der Waals surface area contributed by atoms with Gasteiger partial charge in [-0.3, -0.25) is 4.79 Å². The van der Waals surface area contributed by atoms with Gasteiger partial charge in [0.15, 0.2) is 0 Å². The van der Waals surface area contributed by atoms with Crippen molar-refractivity contribution >= 4 is 17.5 Å². The van der Waals surface area contributed by atoms with Crippen molar-refractivity contribution in [3.63, 3.8) is 0 Å². The van der Waals surface area contributed by atoms with E-state index in [0.29, 0.717) is 23.6 Å². The minimum atomic E-state index is 0.0456. The van der Waals surface area contributed by atoms with E-state index in [2.05, 4.69) is 49.7 Å². The first-order valence-corrected chi connectivity index (χ1v) is 13.2. The molecule has 4 aliphatic rings. The smallest absolute Gasteiger partial charge is 0.226 e. The number of piperidine rings is 1. The molecule has 0 radical (unpaired) electrons. The van der Waals surface area contributed by atoms with Crippen LogP contribution in [0.4, 0.5) is 11.6 Å². The molecule has 1 aliphatic carbocycles. The summed E-state index contributed by atoms with van der Waals surface area (Å²) in [7, 11) is 0. The van der Waals surface area contributed by atoms with Gasteiger partial charge in [0, 0.05) is 55.7 Å². The summed E-state index contributed by atoms with van der Waals surface area (Å²) in [5.41, 5.74) is 2.70. The van der Waals surface area contributed by atoms with Gasteiger partial charge < -0.3 is 19.7 Å². The van der Waals surface area contributed by atoms with Crippen molar-refractivity contribution in [2.24, 2.45) is 0 Å². The van der Waals surface area contributed by atoms with Crippen molar-refractivity contribution in [3.8, 4) is 0 Å². The van der Waals surface area contributed by atoms with Crippen LogP contribution in [0.2, 0.25) is 0 Å². The normalized spacial score (nSPS) is 24.8. The standard InChI is InChI=1S/C26H37N7O/c1-18-15-21(34)30-23-22(18)25(28-17-27-23)32-11-5-19(6-12-32)24-29-20(26(2)7-8-26)16-33(24)14-13-31-9-3-4-10-31/h16-19H,3-15H2,1-2H3,(H,27,28,30,34)/t18-/m1/s1. The maximum Gasteiger partial charge on any atom is 0.226 e. The minimum absolute atomic E-state index is 0.0456. The van der Waals surface area contributed by atoms with Gasteiger partial charge >= 0.3 is 0 Å². The van der Waals surface area contributed by atoms with Crippen LogP contribution in [-0.2, 0) is 16.8 Å². The van der Waals surface area contributed by atoms with Gasteiger partial charge in [-0.2, -0.15) is 0 Å². The van der Waals surface area contributed by atoms with Crippen molar-refractivity contribution in [1.29, 1.82) is 0 Å². The van der Waals surface area contributed by atoms with Gasteiger partial charge in [0.25, 0.3) is 0 Å². The fraction of sp³-hybridized carbons (Fsp3) is 0.692. The zero-order valence-corrected chi connectivity index (χ0v) is 20.6. The molecule has 1 N–H and O–H groups in total. The maximum atomic E-state index is 12.0. The van der Waals surface area contributed by atoms with Crippen molar-refractivity contribution < 1.29 is 4.79 Å². The number of aromatic nitrogens is 4. The lowest BCUT2D eigenvalue weighted by Gasteiger charge is -2.35. The number of amides is 1. The summed E-state index contributed by atoms with van der Waals surface area (Å²) >= 11 is 0. The van der Waals surface area contributed by atoms with E-state index >= 15 is 0 Å². The van der Waals surface area contributed by atoms with Crippen LogP contribution >= 0.6 is 0 Å². The van der Waals surface area contributed by atoms with Crippen LogP contribution in [0.1, 0.15) is 87.7 Å². The minimum Gasteiger partial charge on any atom is -0.356 e. The third kappa shape index (κ3) is 4.10. The molecule has 5 heterocycles. The Bertz CT molecular complexity index is 1060. The molecule has 0 bridgehead atoms. The predicted molar refractivity (Wildman–Crippen MR) is 132 cm³/mol. The molecule has 2 aromatic rings. The van der Waals surface area contributed by atoms with Gasteiger partial charge in [0.2, 0.25) is 5.91 Å². The van der Waals surface area contributed by atoms with E-state index in [1.54, 1.807) is 6.33 Å². The number of imidazole rings is 1. The van der Waals surface area contributed by atoms with Gasteiger partial charge in [-0.15, -0.1) is 0 Å². The molecule has 0 spiro atoms. The number of nitrogens with one attached hydrogen (secondary N) is 1. The lowest BCUT2D eigenvalue weighted by atomic mass is 9.92. The molecule has 6 rings (SSSR count). The Balaban J connectivity index is 1.19. The lowest BCUT2D eigenvalue weighted by molar-refractivity contribution is -0.116. The van der Waals surface area contributed by atoms with Gasteiger partial charge in [-0.1, -0.05) is 13.8 Å². The Morgan fingerprint density at radius 3 is 2.59 bits per heavy atom. The Labute approximate surface area is 202 Å². The third-order valence-electron chi connectivity index (χ3n) is 8.55. The highest BCUT2D eigenvalue weighted by molar-refractivity contribution is 5.94. The molecular weight excluding hydrogens is 426 g/mol. The summed E-state index contributed by atoms with van der Waals surface area (Å²) in [5, 5.41) is 2.94. The Morgan fingerprint density at radius 2 is 1.85 bits per heavy atom. The van der Waals surface area contributed by atoms with E-state index in [0.717, 1.165) is 50.4 Å². The molecule has 182 valence electrons. The summed E-state index contributed by atoms with van der Waals surface area (Å²) < 4.78 is 2.49. The molecule has 1 atom stereocenters. The molecule has 0 aromatic carbocycles. The second-order valence-electron chi connectivity index (χ2n) is 11.2. The van der Waals surface area contributed by atoms with E-state index in [1.807, 2.05) is 0 Å². The first-order valence-electron chi connectivity index (χ1n) is 13.2. The number of likely N-dealkylation sites (tertiary alicyclic amines) is 1. The van der Waals surface area contributed by atoms with Crippen molar-refractivity contribution in [2.75, 3.05) is 42.9 Å². The highest BCUT2D eigenvalue weighted by Gasteiger charge is 2.42. The SMILES string of the molecule is C[C@@H]1CC(=O)Nc2ncnc(N3CCC(c4nc(C5(C)CC5)cn4CCN4CCCC4)CC3)c21. The number of carbonyl (C=O) groups excluding carboxylic acids is 1. The van der Waals surface area contributed by atoms with Gasteiger partial charge in [-0.05, 0) is 57.5 Å². The van der Waals surface area contributed by atoms with Crippen LogP contribution in [0.25, 0.3) is 0 Å². The van der Waals surface area contributed by atoms with Crippen molar-refractivity contribution in [1.82, 2.24) is 24.4 Å². The zero-order valence-electron chi connectivity index (χ0n) is 20.6. The predicted octanol–water partition coefficient (Wildman–Crippen LogP) is 3.65. The summed E-state index contributed by atoms with van der Waals surface area (Å²) in [5.74, 6) is 3.66. The maximum absolute atomic E-state index is 12.0. The Kier molecular flexibility index (Phi) is 5.59. The summed E-state index contributed by atoms with van der Waals surface area (Å²) in [6, 6.07) is 0. The highest BCUT2D eigenvalue weighted by Crippen LogP contribution is 2.47. The van der Waals surface area contributed by atoms with Gasteiger partial charge in [0.05, 0.1) is 5.69 Å². The average Bonchev–Trinajstić information content (AvgIpc) is 3.23. The molecule has 2 aromatic heterocycles. The number of fused-ring (bicyclic) bond motifs is 1. The lowest BCUT2D eigenvalue weighted by Crippen LogP contribution is -2.36. The fourth-order valence-electron chi connectivity index (χ4n) is 6.03. The monoisotopic (exact) mass is 463 g/mol. The third-order valence-corrected chi connectivity index (χ3v) is 8.55. The highest BCUT2D eigenvalue weighted by atomic mass is 16.1. The zero-order chi connectivity index (χ0) is 23.3. The molecule has 1 saturated carbocycles. The van der Waals surface area contributed by atoms with E-state index < -0.39 is 0 Å². The molecule has 8 nitrogen and oxygen atoms in total. The van der Waals surface area contributed by atoms with Crippen LogP contribution in [0.3, 0.4) is 0 Å². The van der Waals surface area contributed by atoms with E-state index in [9.17, 15) is 4.79 Å². The molecule has 1 amide bonds. The number of nitrogens with zero attached hydrogens (tertiary/aromatic N) is 6. The van der Waals surface area contributed by atoms with Gasteiger partial charge in [0.1, 0.15) is 23.8 Å². The number of carbonyl (C=O) groups is 1. The summed E-state index contributed by atoms with van der Waals surface area (Å²) in [6.07, 6.45) is 11.8. The topological polar surface area (TPSA) is 79.2 Å². The second-order valence-corrected chi connectivity index (χ2v) is 11.2. The van der Waals surface area contributed by atoms with Crippen LogP contribution in [0, 0.1) is 0 Å². The van der Waals surface area contributed by atoms with E-state index in [4.69, 9.17) is 4.98 Å². The number of anilines is 2. The molecule has 0 unspecified atom stereocenters. The van der Waals surface area contributed by atoms with Crippen LogP contribution in [-0.4, -0.2) is 63.0 Å². The van der Waals surface area contributed by atoms with E-state index in [-0.39, 0.29) is 11.8 Å². The van der Waals surface area contributed by atoms with Crippen molar-refractivity contribution in [3.05, 3.63) is 29.6 Å². The summed E-state index contributed by atoms with van der Waals surface area (Å²) in [6.45, 7) is 11.1. The Morgan fingerprint density at radius 1 is 1.09 bits per heavy atom. The quantitative estimate of drug-likeness (QED) is 0.705. The van der Waals surface area contributed by atoms with E-state index in [1.165, 1.54) is 50.3 Å². The first-order chi connectivity index (χ1) is 16.5. The molecule has 3 aliphatic heterocycles. The summed E-state index contributed by atoms with van der Waals surface area (Å²) in [4.78, 5) is 31.2. The molecule has 8 heteroatoms. The molecule has 2 saturated heterocycles. The molecule has 3 fully saturated rings. The number of hydrogen-bond donors (Lipinski definition) is 1. The largest absolute Gasteiger partial charge is 0.356 e. The average molecular weight is 464 g/mol. The Hall–Kier alpha value is -2.48. The van der Waals surface area contributed by atoms with Crippen LogP contribution in [0.15, 0.2) is 12.5 Å². The molecular formula is C26H37N7O. The van der Waals surface area contributed by atoms with Crippen molar-refractivity contribution in [2.45, 2.75) is 82.6 Å². The molecule has 34 heavy (non-hydrogen) atoms. The first kappa shape index (κ1) is 22.0. The second kappa shape index (κ2) is 8.63. The van der Waals surface area contributed by atoms with Crippen LogP contribution in [0.5, 0.6) is 0 Å². The van der Waals surface area contributed by atoms with Crippen LogP contribution < -0.4 is 10.2 Å². The number of rotatable bonds is 6. The van der Waals surface area contributed by atoms with Gasteiger partial charge in [-0.25, -0.2) is 15.0 Å².